The van der Waals surface area contributed by atoms with E-state index in [1.165, 1.54) is 6.08 Å². The van der Waals surface area contributed by atoms with Gasteiger partial charge in [-0.25, -0.2) is 4.79 Å². The minimum Gasteiger partial charge on any atom is -1.00 e. The lowest BCUT2D eigenvalue weighted by molar-refractivity contribution is -0.888. The van der Waals surface area contributed by atoms with Crippen LogP contribution in [0.5, 0.6) is 0 Å². The van der Waals surface area contributed by atoms with Gasteiger partial charge in [-0.3, -0.25) is 0 Å². The molecule has 0 saturated carbocycles. The van der Waals surface area contributed by atoms with Crippen molar-refractivity contribution in [3.63, 3.8) is 0 Å². The van der Waals surface area contributed by atoms with Crippen LogP contribution >= 0.6 is 0 Å². The molecule has 0 amide bonds. The lowest BCUT2D eigenvalue weighted by Gasteiger charge is -2.27. The summed E-state index contributed by atoms with van der Waals surface area (Å²) in [5, 5.41) is 0. The van der Waals surface area contributed by atoms with Crippen LogP contribution in [0.2, 0.25) is 0 Å². The van der Waals surface area contributed by atoms with Gasteiger partial charge in [0.1, 0.15) is 0 Å². The van der Waals surface area contributed by atoms with E-state index in [0.717, 1.165) is 24.0 Å². The van der Waals surface area contributed by atoms with Crippen molar-refractivity contribution in [2.75, 3.05) is 33.8 Å². The molecule has 0 unspecified atom stereocenters. The van der Waals surface area contributed by atoms with Crippen LogP contribution in [0.1, 0.15) is 13.3 Å². The molecule has 0 heterocycles. The van der Waals surface area contributed by atoms with Gasteiger partial charge in [0.15, 0.2) is 0 Å². The maximum Gasteiger partial charge on any atom is 0.330 e. The summed E-state index contributed by atoms with van der Waals surface area (Å²) in [5.74, 6) is -0.332. The van der Waals surface area contributed by atoms with Crippen LogP contribution < -0.4 is 24.0 Å². The molecule has 0 atom stereocenters. The molecule has 4 heteroatoms. The molecule has 14 heavy (non-hydrogen) atoms. The van der Waals surface area contributed by atoms with Crippen LogP contribution in [-0.4, -0.2) is 44.2 Å². The summed E-state index contributed by atoms with van der Waals surface area (Å²) in [5.41, 5.74) is 0. The summed E-state index contributed by atoms with van der Waals surface area (Å²) < 4.78 is 5.83. The predicted molar refractivity (Wildman–Crippen MR) is 53.3 cm³/mol. The summed E-state index contributed by atoms with van der Waals surface area (Å²) in [7, 11) is 4.32. The molecule has 0 aromatic rings. The first-order valence-electron chi connectivity index (χ1n) is 4.63. The number of hydrogen-bond acceptors (Lipinski definition) is 2. The summed E-state index contributed by atoms with van der Waals surface area (Å²) in [6, 6.07) is 0. The molecule has 0 rings (SSSR count). The largest absolute Gasteiger partial charge is 1.00 e. The van der Waals surface area contributed by atoms with Crippen LogP contribution in [-0.2, 0) is 9.53 Å². The topological polar surface area (TPSA) is 26.3 Å². The summed E-state index contributed by atoms with van der Waals surface area (Å²) in [6.07, 6.45) is 2.10. The Morgan fingerprint density at radius 1 is 1.50 bits per heavy atom. The summed E-state index contributed by atoms with van der Waals surface area (Å²) in [6.45, 7) is 8.09. The van der Waals surface area contributed by atoms with E-state index in [4.69, 9.17) is 4.74 Å². The van der Waals surface area contributed by atoms with Gasteiger partial charge < -0.3 is 33.2 Å². The Hall–Kier alpha value is -0.100. The van der Waals surface area contributed by atoms with Crippen LogP contribution in [0.3, 0.4) is 0 Å². The maximum absolute atomic E-state index is 10.7. The number of esters is 1. The molecule has 84 valence electrons. The standard InChI is InChI=1S/C10H20NO2.HI/c1-5-10(12)13-9-7-8-11(3,4)6-2;/h5H,1,6-9H2,2-4H3;1H/q+1;/p-1. The van der Waals surface area contributed by atoms with Crippen molar-refractivity contribution < 1.29 is 38.0 Å². The fraction of sp³-hybridized carbons (Fsp3) is 0.700. The van der Waals surface area contributed by atoms with Crippen molar-refractivity contribution in [2.24, 2.45) is 0 Å². The Balaban J connectivity index is 0. The molecular weight excluding hydrogens is 293 g/mol. The van der Waals surface area contributed by atoms with Gasteiger partial charge >= 0.3 is 5.97 Å². The SMILES string of the molecule is C=CC(=O)OCCC[N+](C)(C)CC.[I-]. The highest BCUT2D eigenvalue weighted by molar-refractivity contribution is 5.81. The Kier molecular flexibility index (Phi) is 9.60. The van der Waals surface area contributed by atoms with Crippen molar-refractivity contribution in [1.82, 2.24) is 0 Å². The lowest BCUT2D eigenvalue weighted by Crippen LogP contribution is -3.00. The van der Waals surface area contributed by atoms with Crippen LogP contribution in [0.15, 0.2) is 12.7 Å². The third kappa shape index (κ3) is 8.50. The first-order chi connectivity index (χ1) is 6.02. The van der Waals surface area contributed by atoms with E-state index in [2.05, 4.69) is 27.6 Å². The van der Waals surface area contributed by atoms with Gasteiger partial charge in [0.25, 0.3) is 0 Å². The van der Waals surface area contributed by atoms with E-state index in [9.17, 15) is 4.79 Å². The number of hydrogen-bond donors (Lipinski definition) is 0. The zero-order valence-corrected chi connectivity index (χ0v) is 11.4. The van der Waals surface area contributed by atoms with Crippen molar-refractivity contribution in [1.29, 1.82) is 0 Å². The number of quaternary nitrogens is 1. The second-order valence-corrected chi connectivity index (χ2v) is 3.70. The number of rotatable bonds is 6. The number of carbonyl (C=O) groups is 1. The van der Waals surface area contributed by atoms with Crippen LogP contribution in [0, 0.1) is 0 Å². The fourth-order valence-corrected chi connectivity index (χ4v) is 0.882. The van der Waals surface area contributed by atoms with Crippen molar-refractivity contribution in [3.8, 4) is 0 Å². The van der Waals surface area contributed by atoms with Crippen LogP contribution in [0.4, 0.5) is 0 Å². The normalized spacial score (nSPS) is 10.2. The predicted octanol–water partition coefficient (Wildman–Crippen LogP) is -1.79. The number of halogens is 1. The zero-order chi connectivity index (χ0) is 10.3. The van der Waals surface area contributed by atoms with Gasteiger partial charge in [-0.15, -0.1) is 0 Å². The first-order valence-corrected chi connectivity index (χ1v) is 4.63. The van der Waals surface area contributed by atoms with Gasteiger partial charge in [0.2, 0.25) is 0 Å². The van der Waals surface area contributed by atoms with E-state index in [1.54, 1.807) is 0 Å². The minimum atomic E-state index is -0.332. The van der Waals surface area contributed by atoms with E-state index in [1.807, 2.05) is 0 Å². The average Bonchev–Trinajstić information content (AvgIpc) is 2.12. The van der Waals surface area contributed by atoms with Crippen molar-refractivity contribution >= 4 is 5.97 Å². The molecule has 0 aromatic heterocycles. The van der Waals surface area contributed by atoms with E-state index in [-0.39, 0.29) is 29.9 Å². The molecule has 0 fully saturated rings. The second kappa shape index (κ2) is 8.23. The molecular formula is C10H20INO2. The quantitative estimate of drug-likeness (QED) is 0.190. The number of ether oxygens (including phenoxy) is 1. The molecule has 0 aliphatic rings. The van der Waals surface area contributed by atoms with Crippen molar-refractivity contribution in [3.05, 3.63) is 12.7 Å². The van der Waals surface area contributed by atoms with Gasteiger partial charge in [-0.2, -0.15) is 0 Å². The molecule has 0 aliphatic heterocycles. The highest BCUT2D eigenvalue weighted by Crippen LogP contribution is 1.98. The molecule has 0 aliphatic carbocycles. The summed E-state index contributed by atoms with van der Waals surface area (Å²) >= 11 is 0. The molecule has 0 radical (unpaired) electrons. The Morgan fingerprint density at radius 3 is 2.50 bits per heavy atom. The van der Waals surface area contributed by atoms with Gasteiger partial charge in [0.05, 0.1) is 33.8 Å². The van der Waals surface area contributed by atoms with Gasteiger partial charge in [0, 0.05) is 12.5 Å². The molecule has 0 saturated heterocycles. The zero-order valence-electron chi connectivity index (χ0n) is 9.25. The maximum atomic E-state index is 10.7. The number of carbonyl (C=O) groups excluding carboxylic acids is 1. The molecule has 0 aromatic carbocycles. The second-order valence-electron chi connectivity index (χ2n) is 3.70. The monoisotopic (exact) mass is 313 g/mol. The highest BCUT2D eigenvalue weighted by Gasteiger charge is 2.10. The smallest absolute Gasteiger partial charge is 0.330 e. The van der Waals surface area contributed by atoms with E-state index < -0.39 is 0 Å². The van der Waals surface area contributed by atoms with Gasteiger partial charge in [-0.1, -0.05) is 6.58 Å². The van der Waals surface area contributed by atoms with E-state index >= 15 is 0 Å². The number of nitrogens with zero attached hydrogens (tertiary/aromatic N) is 1. The minimum absolute atomic E-state index is 0. The first kappa shape index (κ1) is 16.3. The average molecular weight is 313 g/mol. The Bertz CT molecular complexity index is 181. The lowest BCUT2D eigenvalue weighted by atomic mass is 10.3. The molecule has 0 spiro atoms. The van der Waals surface area contributed by atoms with Crippen LogP contribution in [0.25, 0.3) is 0 Å². The fourth-order valence-electron chi connectivity index (χ4n) is 0.882. The highest BCUT2D eigenvalue weighted by atomic mass is 127. The Morgan fingerprint density at radius 2 is 2.07 bits per heavy atom. The molecule has 0 N–H and O–H groups in total. The van der Waals surface area contributed by atoms with Gasteiger partial charge in [-0.05, 0) is 6.92 Å². The molecule has 0 bridgehead atoms. The molecule has 3 nitrogen and oxygen atoms in total. The third-order valence-corrected chi connectivity index (χ3v) is 2.17. The van der Waals surface area contributed by atoms with E-state index in [0.29, 0.717) is 6.61 Å². The summed E-state index contributed by atoms with van der Waals surface area (Å²) in [4.78, 5) is 10.7. The van der Waals surface area contributed by atoms with Crippen molar-refractivity contribution in [2.45, 2.75) is 13.3 Å². The third-order valence-electron chi connectivity index (χ3n) is 2.17. The Labute approximate surface area is 104 Å².